The van der Waals surface area contributed by atoms with E-state index in [9.17, 15) is 23.1 Å². The first kappa shape index (κ1) is 22.8. The van der Waals surface area contributed by atoms with Crippen molar-refractivity contribution in [3.63, 3.8) is 0 Å². The van der Waals surface area contributed by atoms with Crippen LogP contribution in [0.3, 0.4) is 0 Å². The van der Waals surface area contributed by atoms with Crippen LogP contribution in [0.2, 0.25) is 0 Å². The van der Waals surface area contributed by atoms with E-state index in [1.54, 1.807) is 24.3 Å². The molecule has 0 bridgehead atoms. The van der Waals surface area contributed by atoms with Crippen LogP contribution in [0, 0.1) is 0 Å². The Morgan fingerprint density at radius 3 is 2.50 bits per heavy atom. The number of ether oxygens (including phenoxy) is 2. The standard InChI is InChI=1S/C23H17F3N4O4/c24-23(25,26)15-4-3-5-16(11-15)28-29-17-8-9-18(31)14(10-17)12-27-30-22(32)21-13-33-19-6-1-2-7-20(19)34-21/h1-12,21,31H,13H2,(H,30,32)/b27-12-,29-28?. The van der Waals surface area contributed by atoms with Gasteiger partial charge in [0.1, 0.15) is 12.4 Å². The number of para-hydroxylation sites is 2. The van der Waals surface area contributed by atoms with E-state index < -0.39 is 23.8 Å². The number of benzene rings is 3. The van der Waals surface area contributed by atoms with Gasteiger partial charge in [-0.2, -0.15) is 28.5 Å². The topological polar surface area (TPSA) is 105 Å². The molecule has 3 aromatic carbocycles. The monoisotopic (exact) mass is 470 g/mol. The summed E-state index contributed by atoms with van der Waals surface area (Å²) in [6.45, 7) is 0.00895. The molecule has 1 aliphatic rings. The summed E-state index contributed by atoms with van der Waals surface area (Å²) in [6, 6.07) is 15.5. The number of hydrogen-bond donors (Lipinski definition) is 2. The zero-order valence-electron chi connectivity index (χ0n) is 17.4. The third-order valence-electron chi connectivity index (χ3n) is 4.64. The summed E-state index contributed by atoms with van der Waals surface area (Å²) in [5.74, 6) is 0.276. The highest BCUT2D eigenvalue weighted by molar-refractivity contribution is 5.87. The third-order valence-corrected chi connectivity index (χ3v) is 4.64. The molecule has 4 rings (SSSR count). The maximum Gasteiger partial charge on any atom is 0.416 e. The van der Waals surface area contributed by atoms with Crippen LogP contribution in [0.4, 0.5) is 24.5 Å². The lowest BCUT2D eigenvalue weighted by Crippen LogP contribution is -2.42. The molecule has 1 unspecified atom stereocenters. The van der Waals surface area contributed by atoms with Crippen molar-refractivity contribution in [3.05, 3.63) is 77.9 Å². The van der Waals surface area contributed by atoms with Crippen LogP contribution in [-0.2, 0) is 11.0 Å². The van der Waals surface area contributed by atoms with Gasteiger partial charge in [0.15, 0.2) is 11.5 Å². The number of carbonyl (C=O) groups excluding carboxylic acids is 1. The number of phenols is 1. The Balaban J connectivity index is 1.40. The number of amides is 1. The normalized spacial score (nSPS) is 15.6. The molecule has 0 saturated heterocycles. The fourth-order valence-electron chi connectivity index (χ4n) is 2.95. The molecule has 11 heteroatoms. The molecule has 174 valence electrons. The van der Waals surface area contributed by atoms with Crippen LogP contribution < -0.4 is 14.9 Å². The first-order valence-corrected chi connectivity index (χ1v) is 9.93. The number of nitrogens with one attached hydrogen (secondary N) is 1. The Morgan fingerprint density at radius 2 is 1.74 bits per heavy atom. The molecule has 34 heavy (non-hydrogen) atoms. The summed E-state index contributed by atoms with van der Waals surface area (Å²) in [4.78, 5) is 12.3. The van der Waals surface area contributed by atoms with E-state index in [0.717, 1.165) is 12.1 Å². The SMILES string of the molecule is O=C(N/N=C\c1cc(N=Nc2cccc(C(F)(F)F)c2)ccc1O)C1COc2ccccc2O1. The van der Waals surface area contributed by atoms with Gasteiger partial charge in [-0.1, -0.05) is 18.2 Å². The van der Waals surface area contributed by atoms with E-state index in [2.05, 4.69) is 20.8 Å². The van der Waals surface area contributed by atoms with Gasteiger partial charge in [-0.15, -0.1) is 0 Å². The number of fused-ring (bicyclic) bond motifs is 1. The summed E-state index contributed by atoms with van der Waals surface area (Å²) in [5.41, 5.74) is 1.94. The summed E-state index contributed by atoms with van der Waals surface area (Å²) < 4.78 is 49.6. The third kappa shape index (κ3) is 5.49. The maximum atomic E-state index is 12.8. The summed E-state index contributed by atoms with van der Waals surface area (Å²) >= 11 is 0. The molecule has 0 spiro atoms. The molecule has 1 atom stereocenters. The quantitative estimate of drug-likeness (QED) is 0.307. The highest BCUT2D eigenvalue weighted by atomic mass is 19.4. The fraction of sp³-hybridized carbons (Fsp3) is 0.130. The lowest BCUT2D eigenvalue weighted by Gasteiger charge is -2.24. The van der Waals surface area contributed by atoms with E-state index in [4.69, 9.17) is 9.47 Å². The Morgan fingerprint density at radius 1 is 1.00 bits per heavy atom. The van der Waals surface area contributed by atoms with Crippen molar-refractivity contribution in [2.75, 3.05) is 6.61 Å². The van der Waals surface area contributed by atoms with E-state index in [1.807, 2.05) is 0 Å². The minimum atomic E-state index is -4.49. The second-order valence-corrected chi connectivity index (χ2v) is 7.09. The highest BCUT2D eigenvalue weighted by Gasteiger charge is 2.30. The van der Waals surface area contributed by atoms with Gasteiger partial charge in [0.25, 0.3) is 5.91 Å². The van der Waals surface area contributed by atoms with Crippen molar-refractivity contribution in [2.24, 2.45) is 15.3 Å². The average molecular weight is 470 g/mol. The van der Waals surface area contributed by atoms with Gasteiger partial charge in [0.05, 0.1) is 23.2 Å². The number of hydrogen-bond acceptors (Lipinski definition) is 7. The Bertz CT molecular complexity index is 1260. The molecular weight excluding hydrogens is 453 g/mol. The van der Waals surface area contributed by atoms with Gasteiger partial charge >= 0.3 is 6.18 Å². The van der Waals surface area contributed by atoms with E-state index in [0.29, 0.717) is 11.5 Å². The van der Waals surface area contributed by atoms with Crippen molar-refractivity contribution in [1.29, 1.82) is 0 Å². The molecule has 0 saturated carbocycles. The van der Waals surface area contributed by atoms with Gasteiger partial charge in [0.2, 0.25) is 6.10 Å². The van der Waals surface area contributed by atoms with Crippen molar-refractivity contribution in [2.45, 2.75) is 12.3 Å². The lowest BCUT2D eigenvalue weighted by molar-refractivity contribution is -0.137. The van der Waals surface area contributed by atoms with Crippen molar-refractivity contribution < 1.29 is 32.5 Å². The van der Waals surface area contributed by atoms with Gasteiger partial charge < -0.3 is 14.6 Å². The van der Waals surface area contributed by atoms with Crippen molar-refractivity contribution in [1.82, 2.24) is 5.43 Å². The van der Waals surface area contributed by atoms with Crippen LogP contribution in [0.1, 0.15) is 11.1 Å². The number of nitrogens with zero attached hydrogens (tertiary/aromatic N) is 3. The number of alkyl halides is 3. The minimum Gasteiger partial charge on any atom is -0.507 e. The molecule has 0 aromatic heterocycles. The molecular formula is C23H17F3N4O4. The second kappa shape index (κ2) is 9.61. The number of phenolic OH excluding ortho intramolecular Hbond substituents is 1. The van der Waals surface area contributed by atoms with Crippen LogP contribution in [-0.4, -0.2) is 29.9 Å². The maximum absolute atomic E-state index is 12.8. The first-order chi connectivity index (χ1) is 16.3. The molecule has 1 aliphatic heterocycles. The van der Waals surface area contributed by atoms with E-state index in [-0.39, 0.29) is 29.3 Å². The summed E-state index contributed by atoms with van der Waals surface area (Å²) in [6.07, 6.45) is -4.21. The molecule has 8 nitrogen and oxygen atoms in total. The van der Waals surface area contributed by atoms with Crippen LogP contribution in [0.25, 0.3) is 0 Å². The average Bonchev–Trinajstić information content (AvgIpc) is 2.83. The smallest absolute Gasteiger partial charge is 0.416 e. The predicted molar refractivity (Wildman–Crippen MR) is 116 cm³/mol. The molecule has 3 aromatic rings. The van der Waals surface area contributed by atoms with Gasteiger partial charge in [-0.25, -0.2) is 5.43 Å². The molecule has 1 amide bonds. The number of hydrazone groups is 1. The highest BCUT2D eigenvalue weighted by Crippen LogP contribution is 2.32. The van der Waals surface area contributed by atoms with Crippen LogP contribution >= 0.6 is 0 Å². The Labute approximate surface area is 191 Å². The predicted octanol–water partition coefficient (Wildman–Crippen LogP) is 5.12. The van der Waals surface area contributed by atoms with Gasteiger partial charge in [0, 0.05) is 5.56 Å². The fourth-order valence-corrected chi connectivity index (χ4v) is 2.95. The largest absolute Gasteiger partial charge is 0.507 e. The Kier molecular flexibility index (Phi) is 6.44. The molecule has 0 aliphatic carbocycles. The molecule has 2 N–H and O–H groups in total. The zero-order valence-corrected chi connectivity index (χ0v) is 17.4. The zero-order chi connectivity index (χ0) is 24.1. The number of azo groups is 1. The first-order valence-electron chi connectivity index (χ1n) is 9.93. The number of carbonyl (C=O) groups is 1. The Hall–Kier alpha value is -4.41. The minimum absolute atomic E-state index is 0.00895. The molecule has 0 fully saturated rings. The van der Waals surface area contributed by atoms with Gasteiger partial charge in [-0.05, 0) is 48.5 Å². The summed E-state index contributed by atoms with van der Waals surface area (Å²) in [7, 11) is 0. The lowest BCUT2D eigenvalue weighted by atomic mass is 10.2. The van der Waals surface area contributed by atoms with Crippen molar-refractivity contribution in [3.8, 4) is 17.2 Å². The molecule has 1 heterocycles. The number of halogens is 3. The number of rotatable bonds is 5. The van der Waals surface area contributed by atoms with Gasteiger partial charge in [-0.3, -0.25) is 4.79 Å². The van der Waals surface area contributed by atoms with Crippen molar-refractivity contribution >= 4 is 23.5 Å². The summed E-state index contributed by atoms with van der Waals surface area (Å²) in [5, 5.41) is 21.5. The van der Waals surface area contributed by atoms with Crippen LogP contribution in [0.5, 0.6) is 17.2 Å². The molecule has 0 radical (unpaired) electrons. The van der Waals surface area contributed by atoms with E-state index >= 15 is 0 Å². The second-order valence-electron chi connectivity index (χ2n) is 7.09. The number of aromatic hydroxyl groups is 1. The van der Waals surface area contributed by atoms with Crippen LogP contribution in [0.15, 0.2) is 82.1 Å². The van der Waals surface area contributed by atoms with E-state index in [1.165, 1.54) is 36.5 Å².